The SMILES string of the molecule is CCN(CC)C(N)=NCc1cc(-c2ccccc2)on1.I. The Labute approximate surface area is 142 Å². The van der Waals surface area contributed by atoms with Crippen LogP contribution in [0.15, 0.2) is 45.9 Å². The standard InChI is InChI=1S/C15H20N4O.HI/c1-3-19(4-2)15(16)17-11-13-10-14(20-18-13)12-8-6-5-7-9-12;/h5-10H,3-4,11H2,1-2H3,(H2,16,17);1H. The van der Waals surface area contributed by atoms with Gasteiger partial charge in [0.1, 0.15) is 5.69 Å². The van der Waals surface area contributed by atoms with E-state index in [1.54, 1.807) is 0 Å². The summed E-state index contributed by atoms with van der Waals surface area (Å²) >= 11 is 0. The molecule has 0 aliphatic heterocycles. The van der Waals surface area contributed by atoms with Crippen molar-refractivity contribution in [1.29, 1.82) is 0 Å². The summed E-state index contributed by atoms with van der Waals surface area (Å²) in [7, 11) is 0. The van der Waals surface area contributed by atoms with E-state index >= 15 is 0 Å². The lowest BCUT2D eigenvalue weighted by atomic mass is 10.2. The van der Waals surface area contributed by atoms with Crippen LogP contribution in [0, 0.1) is 0 Å². The van der Waals surface area contributed by atoms with E-state index in [0.29, 0.717) is 12.5 Å². The zero-order chi connectivity index (χ0) is 14.4. The minimum atomic E-state index is 0. The van der Waals surface area contributed by atoms with Gasteiger partial charge in [0.2, 0.25) is 0 Å². The number of guanidine groups is 1. The van der Waals surface area contributed by atoms with Crippen LogP contribution in [-0.2, 0) is 6.54 Å². The van der Waals surface area contributed by atoms with Gasteiger partial charge in [0.15, 0.2) is 11.7 Å². The van der Waals surface area contributed by atoms with Crippen LogP contribution in [0.4, 0.5) is 0 Å². The summed E-state index contributed by atoms with van der Waals surface area (Å²) in [4.78, 5) is 6.34. The van der Waals surface area contributed by atoms with Gasteiger partial charge >= 0.3 is 0 Å². The Balaban J connectivity index is 0.00000220. The predicted molar refractivity (Wildman–Crippen MR) is 95.6 cm³/mol. The molecule has 0 saturated heterocycles. The first-order valence-electron chi connectivity index (χ1n) is 6.80. The quantitative estimate of drug-likeness (QED) is 0.476. The van der Waals surface area contributed by atoms with Crippen molar-refractivity contribution in [2.75, 3.05) is 13.1 Å². The van der Waals surface area contributed by atoms with Gasteiger partial charge in [0.05, 0.1) is 6.54 Å². The van der Waals surface area contributed by atoms with Crippen molar-refractivity contribution in [3.05, 3.63) is 42.1 Å². The molecule has 0 amide bonds. The summed E-state index contributed by atoms with van der Waals surface area (Å²) in [6.45, 7) is 6.23. The van der Waals surface area contributed by atoms with Gasteiger partial charge in [-0.2, -0.15) is 0 Å². The summed E-state index contributed by atoms with van der Waals surface area (Å²) in [6, 6.07) is 11.8. The number of rotatable bonds is 5. The molecule has 2 rings (SSSR count). The maximum atomic E-state index is 5.92. The van der Waals surface area contributed by atoms with E-state index in [9.17, 15) is 0 Å². The summed E-state index contributed by atoms with van der Waals surface area (Å²) < 4.78 is 5.32. The van der Waals surface area contributed by atoms with Gasteiger partial charge in [-0.15, -0.1) is 24.0 Å². The number of halogens is 1. The number of benzene rings is 1. The molecule has 6 heteroatoms. The average molecular weight is 400 g/mol. The van der Waals surface area contributed by atoms with E-state index in [-0.39, 0.29) is 24.0 Å². The molecule has 0 aliphatic rings. The molecule has 2 aromatic rings. The minimum absolute atomic E-state index is 0. The molecule has 1 heterocycles. The third-order valence-corrected chi connectivity index (χ3v) is 3.11. The number of nitrogens with zero attached hydrogens (tertiary/aromatic N) is 3. The summed E-state index contributed by atoms with van der Waals surface area (Å²) in [6.07, 6.45) is 0. The maximum Gasteiger partial charge on any atom is 0.191 e. The molecule has 5 nitrogen and oxygen atoms in total. The van der Waals surface area contributed by atoms with E-state index in [1.807, 2.05) is 41.3 Å². The van der Waals surface area contributed by atoms with Crippen LogP contribution >= 0.6 is 24.0 Å². The van der Waals surface area contributed by atoms with Gasteiger partial charge in [-0.25, -0.2) is 4.99 Å². The van der Waals surface area contributed by atoms with E-state index in [1.165, 1.54) is 0 Å². The molecule has 114 valence electrons. The normalized spacial score (nSPS) is 11.0. The van der Waals surface area contributed by atoms with E-state index in [0.717, 1.165) is 30.1 Å². The van der Waals surface area contributed by atoms with Crippen LogP contribution in [0.3, 0.4) is 0 Å². The third kappa shape index (κ3) is 4.73. The smallest absolute Gasteiger partial charge is 0.191 e. The fourth-order valence-electron chi connectivity index (χ4n) is 1.93. The highest BCUT2D eigenvalue weighted by molar-refractivity contribution is 14.0. The van der Waals surface area contributed by atoms with Crippen LogP contribution in [0.5, 0.6) is 0 Å². The molecule has 0 saturated carbocycles. The number of nitrogens with two attached hydrogens (primary N) is 1. The first kappa shape index (κ1) is 17.5. The number of hydrogen-bond acceptors (Lipinski definition) is 3. The molecule has 21 heavy (non-hydrogen) atoms. The van der Waals surface area contributed by atoms with Crippen LogP contribution in [-0.4, -0.2) is 29.1 Å². The van der Waals surface area contributed by atoms with Gasteiger partial charge in [0.25, 0.3) is 0 Å². The molecule has 2 N–H and O–H groups in total. The van der Waals surface area contributed by atoms with Crippen molar-refractivity contribution in [1.82, 2.24) is 10.1 Å². The highest BCUT2D eigenvalue weighted by atomic mass is 127. The molecule has 0 radical (unpaired) electrons. The predicted octanol–water partition coefficient (Wildman–Crippen LogP) is 3.12. The van der Waals surface area contributed by atoms with Crippen LogP contribution < -0.4 is 5.73 Å². The maximum absolute atomic E-state index is 5.92. The lowest BCUT2D eigenvalue weighted by Crippen LogP contribution is -2.37. The fraction of sp³-hybridized carbons (Fsp3) is 0.333. The molecular weight excluding hydrogens is 379 g/mol. The van der Waals surface area contributed by atoms with E-state index < -0.39 is 0 Å². The highest BCUT2D eigenvalue weighted by Crippen LogP contribution is 2.19. The molecule has 0 bridgehead atoms. The molecule has 0 aliphatic carbocycles. The first-order valence-corrected chi connectivity index (χ1v) is 6.80. The highest BCUT2D eigenvalue weighted by Gasteiger charge is 2.07. The molecule has 0 unspecified atom stereocenters. The average Bonchev–Trinajstić information content (AvgIpc) is 2.96. The van der Waals surface area contributed by atoms with E-state index in [4.69, 9.17) is 10.3 Å². The Bertz CT molecular complexity index is 564. The Morgan fingerprint density at radius 3 is 2.52 bits per heavy atom. The Kier molecular flexibility index (Phi) is 7.21. The second kappa shape index (κ2) is 8.66. The number of aliphatic imine (C=N–C) groups is 1. The van der Waals surface area contributed by atoms with Gasteiger partial charge < -0.3 is 15.2 Å². The van der Waals surface area contributed by atoms with Crippen LogP contribution in [0.2, 0.25) is 0 Å². The zero-order valence-corrected chi connectivity index (χ0v) is 14.7. The minimum Gasteiger partial charge on any atom is -0.370 e. The van der Waals surface area contributed by atoms with Crippen molar-refractivity contribution in [2.45, 2.75) is 20.4 Å². The van der Waals surface area contributed by atoms with Crippen molar-refractivity contribution in [3.63, 3.8) is 0 Å². The molecule has 0 spiro atoms. The van der Waals surface area contributed by atoms with Crippen molar-refractivity contribution in [2.24, 2.45) is 10.7 Å². The largest absolute Gasteiger partial charge is 0.370 e. The summed E-state index contributed by atoms with van der Waals surface area (Å²) in [5.41, 5.74) is 7.71. The van der Waals surface area contributed by atoms with Gasteiger partial charge in [-0.3, -0.25) is 0 Å². The molecular formula is C15H21IN4O. The van der Waals surface area contributed by atoms with E-state index in [2.05, 4.69) is 24.0 Å². The van der Waals surface area contributed by atoms with Gasteiger partial charge in [0, 0.05) is 24.7 Å². The van der Waals surface area contributed by atoms with Gasteiger partial charge in [-0.05, 0) is 13.8 Å². The zero-order valence-electron chi connectivity index (χ0n) is 12.3. The van der Waals surface area contributed by atoms with Crippen molar-refractivity contribution in [3.8, 4) is 11.3 Å². The van der Waals surface area contributed by atoms with Crippen LogP contribution in [0.25, 0.3) is 11.3 Å². The van der Waals surface area contributed by atoms with Crippen molar-refractivity contribution >= 4 is 29.9 Å². The Morgan fingerprint density at radius 2 is 1.90 bits per heavy atom. The monoisotopic (exact) mass is 400 g/mol. The molecule has 0 atom stereocenters. The molecule has 1 aromatic carbocycles. The second-order valence-corrected chi connectivity index (χ2v) is 4.40. The Morgan fingerprint density at radius 1 is 1.24 bits per heavy atom. The molecule has 0 fully saturated rings. The van der Waals surface area contributed by atoms with Crippen LogP contribution in [0.1, 0.15) is 19.5 Å². The lowest BCUT2D eigenvalue weighted by molar-refractivity contribution is 0.423. The fourth-order valence-corrected chi connectivity index (χ4v) is 1.93. The number of aromatic nitrogens is 1. The van der Waals surface area contributed by atoms with Gasteiger partial charge in [-0.1, -0.05) is 35.5 Å². The summed E-state index contributed by atoms with van der Waals surface area (Å²) in [5, 5.41) is 4.02. The first-order chi connectivity index (χ1) is 9.74. The summed E-state index contributed by atoms with van der Waals surface area (Å²) in [5.74, 6) is 1.29. The topological polar surface area (TPSA) is 67.7 Å². The second-order valence-electron chi connectivity index (χ2n) is 4.40. The number of hydrogen-bond donors (Lipinski definition) is 1. The lowest BCUT2D eigenvalue weighted by Gasteiger charge is -2.18. The third-order valence-electron chi connectivity index (χ3n) is 3.11. The van der Waals surface area contributed by atoms with Crippen molar-refractivity contribution < 1.29 is 4.52 Å². The Hall–Kier alpha value is -1.57. The molecule has 1 aromatic heterocycles.